The van der Waals surface area contributed by atoms with E-state index in [9.17, 15) is 4.79 Å². The van der Waals surface area contributed by atoms with Crippen LogP contribution in [-0.4, -0.2) is 12.7 Å². The summed E-state index contributed by atoms with van der Waals surface area (Å²) in [4.78, 5) is 15.3. The van der Waals surface area contributed by atoms with Crippen LogP contribution in [0.5, 0.6) is 0 Å². The molecule has 0 fully saturated rings. The lowest BCUT2D eigenvalue weighted by atomic mass is 10.1. The highest BCUT2D eigenvalue weighted by molar-refractivity contribution is 5.60. The Morgan fingerprint density at radius 3 is 3.00 bits per heavy atom. The van der Waals surface area contributed by atoms with Crippen LogP contribution in [0.1, 0.15) is 32.1 Å². The SMILES string of the molecule is O=C1OC=CCCCCCCNNO1. The third kappa shape index (κ3) is 5.55. The Balaban J connectivity index is 2.24. The number of carbonyl (C=O) groups excluding carboxylic acids is 1. The fraction of sp³-hybridized carbons (Fsp3) is 0.667. The van der Waals surface area contributed by atoms with E-state index in [0.29, 0.717) is 0 Å². The normalized spacial score (nSPS) is 21.0. The Bertz CT molecular complexity index is 194. The van der Waals surface area contributed by atoms with Gasteiger partial charge in [-0.3, -0.25) is 0 Å². The lowest BCUT2D eigenvalue weighted by Crippen LogP contribution is -2.34. The number of cyclic esters (lactones) is 1. The zero-order chi connectivity index (χ0) is 10.1. The zero-order valence-corrected chi connectivity index (χ0v) is 8.12. The largest absolute Gasteiger partial charge is 0.533 e. The highest BCUT2D eigenvalue weighted by Gasteiger charge is 2.00. The summed E-state index contributed by atoms with van der Waals surface area (Å²) < 4.78 is 4.61. The van der Waals surface area contributed by atoms with E-state index in [4.69, 9.17) is 0 Å². The van der Waals surface area contributed by atoms with Gasteiger partial charge in [-0.2, -0.15) is 0 Å². The van der Waals surface area contributed by atoms with Crippen LogP contribution in [0.2, 0.25) is 0 Å². The number of rotatable bonds is 0. The van der Waals surface area contributed by atoms with E-state index in [0.717, 1.165) is 25.8 Å². The molecular weight excluding hydrogens is 184 g/mol. The predicted octanol–water partition coefficient (Wildman–Crippen LogP) is 1.63. The molecule has 1 rings (SSSR count). The molecule has 5 heteroatoms. The van der Waals surface area contributed by atoms with Crippen LogP contribution in [0.15, 0.2) is 12.3 Å². The van der Waals surface area contributed by atoms with E-state index in [2.05, 4.69) is 20.6 Å². The van der Waals surface area contributed by atoms with Crippen LogP contribution in [0.3, 0.4) is 0 Å². The summed E-state index contributed by atoms with van der Waals surface area (Å²) in [5.41, 5.74) is 5.07. The molecule has 0 atom stereocenters. The van der Waals surface area contributed by atoms with E-state index in [1.807, 2.05) is 6.08 Å². The number of hydrazine groups is 1. The molecule has 0 unspecified atom stereocenters. The summed E-state index contributed by atoms with van der Waals surface area (Å²) >= 11 is 0. The van der Waals surface area contributed by atoms with Gasteiger partial charge in [0.15, 0.2) is 0 Å². The number of nitrogens with one attached hydrogen (secondary N) is 2. The third-order valence-electron chi connectivity index (χ3n) is 1.89. The van der Waals surface area contributed by atoms with Crippen molar-refractivity contribution in [1.29, 1.82) is 0 Å². The maximum atomic E-state index is 10.8. The van der Waals surface area contributed by atoms with Crippen molar-refractivity contribution < 1.29 is 14.4 Å². The molecule has 0 saturated carbocycles. The molecule has 0 radical (unpaired) electrons. The summed E-state index contributed by atoms with van der Waals surface area (Å²) in [5.74, 6) is 0. The second-order valence-electron chi connectivity index (χ2n) is 3.07. The van der Waals surface area contributed by atoms with Gasteiger partial charge in [0, 0.05) is 6.54 Å². The molecule has 2 N–H and O–H groups in total. The maximum absolute atomic E-state index is 10.8. The predicted molar refractivity (Wildman–Crippen MR) is 50.9 cm³/mol. The molecule has 80 valence electrons. The third-order valence-corrected chi connectivity index (χ3v) is 1.89. The van der Waals surface area contributed by atoms with Gasteiger partial charge >= 0.3 is 6.16 Å². The Morgan fingerprint density at radius 2 is 2.07 bits per heavy atom. The number of hydrogen-bond acceptors (Lipinski definition) is 5. The lowest BCUT2D eigenvalue weighted by Gasteiger charge is -2.04. The molecule has 0 bridgehead atoms. The van der Waals surface area contributed by atoms with Crippen molar-refractivity contribution >= 4 is 6.16 Å². The van der Waals surface area contributed by atoms with Gasteiger partial charge in [0.1, 0.15) is 0 Å². The fourth-order valence-electron chi connectivity index (χ4n) is 1.15. The van der Waals surface area contributed by atoms with E-state index in [1.165, 1.54) is 19.1 Å². The van der Waals surface area contributed by atoms with Crippen molar-refractivity contribution in [2.24, 2.45) is 0 Å². The van der Waals surface area contributed by atoms with E-state index < -0.39 is 6.16 Å². The van der Waals surface area contributed by atoms with Gasteiger partial charge in [-0.15, -0.1) is 0 Å². The van der Waals surface area contributed by atoms with Gasteiger partial charge in [-0.05, 0) is 25.3 Å². The molecule has 0 aromatic rings. The van der Waals surface area contributed by atoms with Crippen LogP contribution in [0.4, 0.5) is 4.79 Å². The second kappa shape index (κ2) is 7.34. The smallest absolute Gasteiger partial charge is 0.402 e. The molecule has 1 aliphatic rings. The number of allylic oxidation sites excluding steroid dienone is 1. The first-order valence-corrected chi connectivity index (χ1v) is 4.90. The van der Waals surface area contributed by atoms with Crippen molar-refractivity contribution in [3.8, 4) is 0 Å². The standard InChI is InChI=1S/C9H16N2O3/c12-9-13-8-6-4-2-1-3-5-7-10-11-14-9/h6,8,10-11H,1-5,7H2. The summed E-state index contributed by atoms with van der Waals surface area (Å²) in [6.45, 7) is 0.778. The zero-order valence-electron chi connectivity index (χ0n) is 8.12. The minimum absolute atomic E-state index is 0.756. The first kappa shape index (κ1) is 11.0. The molecule has 1 heterocycles. The van der Waals surface area contributed by atoms with E-state index in [-0.39, 0.29) is 0 Å². The monoisotopic (exact) mass is 200 g/mol. The maximum Gasteiger partial charge on any atom is 0.533 e. The molecule has 0 saturated heterocycles. The van der Waals surface area contributed by atoms with Crippen LogP contribution >= 0.6 is 0 Å². The van der Waals surface area contributed by atoms with E-state index in [1.54, 1.807) is 0 Å². The summed E-state index contributed by atoms with van der Waals surface area (Å²) in [6, 6.07) is 0. The molecule has 1 aliphatic heterocycles. The van der Waals surface area contributed by atoms with Crippen molar-refractivity contribution in [3.63, 3.8) is 0 Å². The van der Waals surface area contributed by atoms with Gasteiger partial charge in [0.25, 0.3) is 0 Å². The first-order valence-electron chi connectivity index (χ1n) is 4.90. The molecule has 0 spiro atoms. The van der Waals surface area contributed by atoms with Gasteiger partial charge in [0.2, 0.25) is 0 Å². The Labute approximate surface area is 83.4 Å². The highest BCUT2D eigenvalue weighted by Crippen LogP contribution is 2.03. The number of hydrogen-bond donors (Lipinski definition) is 2. The minimum Gasteiger partial charge on any atom is -0.402 e. The average Bonchev–Trinajstić information content (AvgIpc) is 2.20. The van der Waals surface area contributed by atoms with Gasteiger partial charge in [-0.25, -0.2) is 10.2 Å². The van der Waals surface area contributed by atoms with Crippen molar-refractivity contribution in [2.75, 3.05) is 6.54 Å². The van der Waals surface area contributed by atoms with Crippen molar-refractivity contribution in [2.45, 2.75) is 32.1 Å². The van der Waals surface area contributed by atoms with Crippen molar-refractivity contribution in [1.82, 2.24) is 11.0 Å². The van der Waals surface area contributed by atoms with Crippen molar-refractivity contribution in [3.05, 3.63) is 12.3 Å². The summed E-state index contributed by atoms with van der Waals surface area (Å²) in [6.07, 6.45) is 7.94. The Morgan fingerprint density at radius 1 is 1.21 bits per heavy atom. The molecule has 0 aromatic heterocycles. The number of carbonyl (C=O) groups is 1. The minimum atomic E-state index is -0.756. The molecule has 5 nitrogen and oxygen atoms in total. The van der Waals surface area contributed by atoms with Gasteiger partial charge in [0.05, 0.1) is 6.26 Å². The summed E-state index contributed by atoms with van der Waals surface area (Å²) in [7, 11) is 0. The topological polar surface area (TPSA) is 59.6 Å². The molecule has 0 aromatic carbocycles. The van der Waals surface area contributed by atoms with Crippen LogP contribution in [0.25, 0.3) is 0 Å². The van der Waals surface area contributed by atoms with Crippen LogP contribution in [-0.2, 0) is 9.57 Å². The van der Waals surface area contributed by atoms with Crippen LogP contribution in [0, 0.1) is 0 Å². The Hall–Kier alpha value is -1.07. The molecule has 0 aliphatic carbocycles. The van der Waals surface area contributed by atoms with Crippen LogP contribution < -0.4 is 11.0 Å². The highest BCUT2D eigenvalue weighted by atomic mass is 16.8. The van der Waals surface area contributed by atoms with E-state index >= 15 is 0 Å². The molecule has 0 amide bonds. The second-order valence-corrected chi connectivity index (χ2v) is 3.07. The quantitative estimate of drug-likeness (QED) is 0.582. The summed E-state index contributed by atoms with van der Waals surface area (Å²) in [5, 5.41) is 0. The molecular formula is C9H16N2O3. The average molecular weight is 200 g/mol. The van der Waals surface area contributed by atoms with Gasteiger partial charge < -0.3 is 9.57 Å². The lowest BCUT2D eigenvalue weighted by molar-refractivity contribution is 0.0200. The van der Waals surface area contributed by atoms with Gasteiger partial charge in [-0.1, -0.05) is 18.4 Å². The number of ether oxygens (including phenoxy) is 1. The fourth-order valence-corrected chi connectivity index (χ4v) is 1.15. The molecule has 14 heavy (non-hydrogen) atoms. The Kier molecular flexibility index (Phi) is 5.77. The first-order chi connectivity index (χ1) is 6.89.